The summed E-state index contributed by atoms with van der Waals surface area (Å²) in [6.45, 7) is 12.7. The van der Waals surface area contributed by atoms with E-state index in [9.17, 15) is 0 Å². The van der Waals surface area contributed by atoms with Gasteiger partial charge in [-0.2, -0.15) is 0 Å². The summed E-state index contributed by atoms with van der Waals surface area (Å²) >= 11 is 0. The van der Waals surface area contributed by atoms with Crippen molar-refractivity contribution >= 4 is 0 Å². The predicted molar refractivity (Wildman–Crippen MR) is 62.7 cm³/mol. The molecule has 1 heterocycles. The highest BCUT2D eigenvalue weighted by molar-refractivity contribution is 4.83. The molecule has 0 unspecified atom stereocenters. The number of hydrogen-bond acceptors (Lipinski definition) is 2. The smallest absolute Gasteiger partial charge is 0.0113 e. The first-order chi connectivity index (χ1) is 6.90. The van der Waals surface area contributed by atoms with Gasteiger partial charge in [0.15, 0.2) is 0 Å². The Bertz CT molecular complexity index is 135. The van der Waals surface area contributed by atoms with Gasteiger partial charge in [0.05, 0.1) is 0 Å². The Labute approximate surface area is 89.3 Å². The summed E-state index contributed by atoms with van der Waals surface area (Å²) in [6.07, 6.45) is 4.40. The van der Waals surface area contributed by atoms with Crippen LogP contribution in [0.15, 0.2) is 0 Å². The minimum atomic E-state index is 0.962. The minimum Gasteiger partial charge on any atom is -0.301 e. The summed E-state index contributed by atoms with van der Waals surface area (Å²) in [7, 11) is 0. The van der Waals surface area contributed by atoms with Crippen LogP contribution < -0.4 is 0 Å². The average Bonchev–Trinajstić information content (AvgIpc) is 2.20. The van der Waals surface area contributed by atoms with Crippen LogP contribution >= 0.6 is 0 Å². The van der Waals surface area contributed by atoms with Crippen LogP contribution in [0, 0.1) is 0 Å². The second-order valence-electron chi connectivity index (χ2n) is 4.05. The summed E-state index contributed by atoms with van der Waals surface area (Å²) in [5, 5.41) is 0. The molecule has 0 amide bonds. The fourth-order valence-corrected chi connectivity index (χ4v) is 2.20. The largest absolute Gasteiger partial charge is 0.301 e. The molecule has 1 aliphatic heterocycles. The lowest BCUT2D eigenvalue weighted by Crippen LogP contribution is -2.51. The minimum absolute atomic E-state index is 0.962. The molecule has 1 aliphatic carbocycles. The molecule has 0 aromatic rings. The molecule has 2 rings (SSSR count). The van der Waals surface area contributed by atoms with Crippen molar-refractivity contribution in [2.45, 2.75) is 46.1 Å². The van der Waals surface area contributed by atoms with E-state index in [2.05, 4.69) is 16.7 Å². The molecule has 14 heavy (non-hydrogen) atoms. The molecule has 2 aliphatic rings. The fraction of sp³-hybridized carbons (Fsp3) is 1.00. The van der Waals surface area contributed by atoms with Gasteiger partial charge >= 0.3 is 0 Å². The molecule has 0 spiro atoms. The van der Waals surface area contributed by atoms with Gasteiger partial charge in [-0.3, -0.25) is 4.90 Å². The highest BCUT2D eigenvalue weighted by atomic mass is 15.3. The molecular formula is C12H26N2. The third kappa shape index (κ3) is 2.96. The molecule has 0 N–H and O–H groups in total. The molecule has 0 aromatic heterocycles. The van der Waals surface area contributed by atoms with E-state index in [0.717, 1.165) is 6.04 Å². The monoisotopic (exact) mass is 198 g/mol. The third-order valence-corrected chi connectivity index (χ3v) is 3.45. The van der Waals surface area contributed by atoms with E-state index < -0.39 is 0 Å². The van der Waals surface area contributed by atoms with Crippen LogP contribution in [0.5, 0.6) is 0 Å². The van der Waals surface area contributed by atoms with Crippen molar-refractivity contribution < 1.29 is 0 Å². The summed E-state index contributed by atoms with van der Waals surface area (Å²) in [5.74, 6) is 0. The molecule has 2 fully saturated rings. The highest BCUT2D eigenvalue weighted by Crippen LogP contribution is 2.25. The molecule has 1 saturated heterocycles. The van der Waals surface area contributed by atoms with Gasteiger partial charge in [0.1, 0.15) is 0 Å². The number of hydrogen-bond donors (Lipinski definition) is 0. The van der Waals surface area contributed by atoms with Crippen LogP contribution in [0.25, 0.3) is 0 Å². The number of nitrogens with zero attached hydrogens (tertiary/aromatic N) is 2. The Balaban J connectivity index is 0.000000461. The van der Waals surface area contributed by atoms with Crippen molar-refractivity contribution in [1.29, 1.82) is 0 Å². The summed E-state index contributed by atoms with van der Waals surface area (Å²) < 4.78 is 0. The van der Waals surface area contributed by atoms with Crippen molar-refractivity contribution in [2.75, 3.05) is 32.7 Å². The lowest BCUT2D eigenvalue weighted by Gasteiger charge is -2.42. The Hall–Kier alpha value is -0.0800. The quantitative estimate of drug-likeness (QED) is 0.671. The van der Waals surface area contributed by atoms with Gasteiger partial charge in [0.2, 0.25) is 0 Å². The van der Waals surface area contributed by atoms with Crippen LogP contribution in [-0.4, -0.2) is 48.6 Å². The summed E-state index contributed by atoms with van der Waals surface area (Å²) in [4.78, 5) is 5.24. The van der Waals surface area contributed by atoms with Crippen LogP contribution in [0.1, 0.15) is 40.0 Å². The van der Waals surface area contributed by atoms with Gasteiger partial charge in [-0.25, -0.2) is 0 Å². The first-order valence-electron chi connectivity index (χ1n) is 6.36. The lowest BCUT2D eigenvalue weighted by molar-refractivity contribution is 0.0640. The zero-order valence-electron chi connectivity index (χ0n) is 10.1. The maximum atomic E-state index is 2.69. The Morgan fingerprint density at radius 2 is 1.57 bits per heavy atom. The summed E-state index contributed by atoms with van der Waals surface area (Å²) in [5.41, 5.74) is 0. The molecule has 84 valence electrons. The van der Waals surface area contributed by atoms with E-state index >= 15 is 0 Å². The maximum Gasteiger partial charge on any atom is 0.0113 e. The van der Waals surface area contributed by atoms with Crippen LogP contribution in [0.4, 0.5) is 0 Å². The number of piperazine rings is 1. The second kappa shape index (κ2) is 6.41. The van der Waals surface area contributed by atoms with Gasteiger partial charge in [0.25, 0.3) is 0 Å². The molecule has 0 radical (unpaired) electrons. The van der Waals surface area contributed by atoms with E-state index in [4.69, 9.17) is 0 Å². The Kier molecular flexibility index (Phi) is 5.49. The molecule has 1 saturated carbocycles. The van der Waals surface area contributed by atoms with Gasteiger partial charge in [-0.1, -0.05) is 27.2 Å². The van der Waals surface area contributed by atoms with Crippen molar-refractivity contribution in [3.05, 3.63) is 0 Å². The van der Waals surface area contributed by atoms with E-state index in [1.807, 2.05) is 13.8 Å². The number of likely N-dealkylation sites (N-methyl/N-ethyl adjacent to an activating group) is 1. The maximum absolute atomic E-state index is 2.69. The third-order valence-electron chi connectivity index (χ3n) is 3.45. The first kappa shape index (κ1) is 12.0. The van der Waals surface area contributed by atoms with Crippen molar-refractivity contribution in [3.8, 4) is 0 Å². The van der Waals surface area contributed by atoms with Crippen molar-refractivity contribution in [1.82, 2.24) is 9.80 Å². The first-order valence-corrected chi connectivity index (χ1v) is 6.36. The van der Waals surface area contributed by atoms with Crippen molar-refractivity contribution in [2.24, 2.45) is 0 Å². The van der Waals surface area contributed by atoms with E-state index in [-0.39, 0.29) is 0 Å². The fourth-order valence-electron chi connectivity index (χ4n) is 2.20. The zero-order chi connectivity index (χ0) is 10.4. The SMILES string of the molecule is CC.CCN1CCN(C2CCC2)CC1. The second-order valence-corrected chi connectivity index (χ2v) is 4.05. The van der Waals surface area contributed by atoms with Gasteiger partial charge in [0, 0.05) is 32.2 Å². The summed E-state index contributed by atoms with van der Waals surface area (Å²) in [6, 6.07) is 0.962. The molecular weight excluding hydrogens is 172 g/mol. The van der Waals surface area contributed by atoms with Crippen LogP contribution in [-0.2, 0) is 0 Å². The lowest BCUT2D eigenvalue weighted by atomic mass is 9.91. The number of rotatable bonds is 2. The topological polar surface area (TPSA) is 6.48 Å². The van der Waals surface area contributed by atoms with E-state index in [1.54, 1.807) is 0 Å². The van der Waals surface area contributed by atoms with Crippen molar-refractivity contribution in [3.63, 3.8) is 0 Å². The van der Waals surface area contributed by atoms with Gasteiger partial charge in [-0.05, 0) is 19.4 Å². The van der Waals surface area contributed by atoms with E-state index in [0.29, 0.717) is 0 Å². The van der Waals surface area contributed by atoms with E-state index in [1.165, 1.54) is 52.0 Å². The molecule has 0 bridgehead atoms. The Morgan fingerprint density at radius 3 is 1.93 bits per heavy atom. The Morgan fingerprint density at radius 1 is 1.00 bits per heavy atom. The standard InChI is InChI=1S/C10H20N2.C2H6/c1-2-11-6-8-12(9-7-11)10-4-3-5-10;1-2/h10H,2-9H2,1H3;1-2H3. The molecule has 2 nitrogen and oxygen atoms in total. The van der Waals surface area contributed by atoms with Crippen LogP contribution in [0.2, 0.25) is 0 Å². The predicted octanol–water partition coefficient (Wildman–Crippen LogP) is 2.20. The highest BCUT2D eigenvalue weighted by Gasteiger charge is 2.27. The average molecular weight is 198 g/mol. The molecule has 0 aromatic carbocycles. The normalized spacial score (nSPS) is 25.1. The van der Waals surface area contributed by atoms with Gasteiger partial charge < -0.3 is 4.90 Å². The molecule has 0 atom stereocenters. The zero-order valence-corrected chi connectivity index (χ0v) is 10.1. The van der Waals surface area contributed by atoms with Gasteiger partial charge in [-0.15, -0.1) is 0 Å². The van der Waals surface area contributed by atoms with Crippen LogP contribution in [0.3, 0.4) is 0 Å². The molecule has 2 heteroatoms.